The summed E-state index contributed by atoms with van der Waals surface area (Å²) in [4.78, 5) is 14.8. The van der Waals surface area contributed by atoms with E-state index < -0.39 is 0 Å². The van der Waals surface area contributed by atoms with Crippen LogP contribution in [-0.2, 0) is 4.74 Å². The largest absolute Gasteiger partial charge is 0.457 e. The standard InChI is InChI=1S/C16H21BrINO2/c1-15(2)9-13(16(3,4)19(15)5)21-14(20)11-8-10(18)6-7-12(11)17/h6-8,13H,9H2,1-5H3. The van der Waals surface area contributed by atoms with Crippen LogP contribution in [0, 0.1) is 3.57 Å². The molecule has 0 amide bonds. The van der Waals surface area contributed by atoms with Gasteiger partial charge in [-0.05, 0) is 91.5 Å². The molecule has 1 aliphatic heterocycles. The molecule has 0 aromatic heterocycles. The number of likely N-dealkylation sites (N-methyl/N-ethyl adjacent to an activating group) is 1. The Hall–Kier alpha value is -0.140. The number of nitrogens with zero attached hydrogens (tertiary/aromatic N) is 1. The highest BCUT2D eigenvalue weighted by molar-refractivity contribution is 14.1. The van der Waals surface area contributed by atoms with E-state index in [2.05, 4.69) is 78.2 Å². The van der Waals surface area contributed by atoms with Gasteiger partial charge in [0.1, 0.15) is 6.10 Å². The van der Waals surface area contributed by atoms with Gasteiger partial charge in [-0.25, -0.2) is 4.79 Å². The van der Waals surface area contributed by atoms with Gasteiger partial charge in [0.05, 0.1) is 11.1 Å². The monoisotopic (exact) mass is 465 g/mol. The summed E-state index contributed by atoms with van der Waals surface area (Å²) < 4.78 is 7.63. The number of esters is 1. The molecule has 5 heteroatoms. The van der Waals surface area contributed by atoms with Crippen molar-refractivity contribution in [1.29, 1.82) is 0 Å². The average Bonchev–Trinajstić information content (AvgIpc) is 2.53. The second kappa shape index (κ2) is 5.81. The van der Waals surface area contributed by atoms with Crippen LogP contribution in [0.5, 0.6) is 0 Å². The maximum atomic E-state index is 12.5. The topological polar surface area (TPSA) is 29.5 Å². The molecule has 0 bridgehead atoms. The Kier molecular flexibility index (Phi) is 4.77. The first-order chi connectivity index (χ1) is 9.55. The summed E-state index contributed by atoms with van der Waals surface area (Å²) in [6.07, 6.45) is 0.721. The third-order valence-electron chi connectivity index (χ3n) is 4.64. The minimum Gasteiger partial charge on any atom is -0.457 e. The maximum Gasteiger partial charge on any atom is 0.339 e. The molecule has 1 aromatic carbocycles. The lowest BCUT2D eigenvalue weighted by Gasteiger charge is -2.37. The molecule has 21 heavy (non-hydrogen) atoms. The minimum absolute atomic E-state index is 0.0246. The molecule has 1 fully saturated rings. The second-order valence-corrected chi connectivity index (χ2v) is 8.85. The highest BCUT2D eigenvalue weighted by Gasteiger charge is 2.51. The molecule has 0 spiro atoms. The van der Waals surface area contributed by atoms with Crippen LogP contribution in [-0.4, -0.2) is 35.1 Å². The summed E-state index contributed by atoms with van der Waals surface area (Å²) >= 11 is 5.63. The average molecular weight is 466 g/mol. The fourth-order valence-electron chi connectivity index (χ4n) is 2.87. The van der Waals surface area contributed by atoms with Crippen LogP contribution < -0.4 is 0 Å². The smallest absolute Gasteiger partial charge is 0.339 e. The Morgan fingerprint density at radius 3 is 2.52 bits per heavy atom. The molecular weight excluding hydrogens is 445 g/mol. The molecule has 1 atom stereocenters. The van der Waals surface area contributed by atoms with Crippen LogP contribution >= 0.6 is 38.5 Å². The van der Waals surface area contributed by atoms with Crippen molar-refractivity contribution >= 4 is 44.5 Å². The molecule has 116 valence electrons. The van der Waals surface area contributed by atoms with E-state index >= 15 is 0 Å². The molecule has 0 N–H and O–H groups in total. The molecular formula is C16H21BrINO2. The van der Waals surface area contributed by atoms with E-state index in [4.69, 9.17) is 4.74 Å². The van der Waals surface area contributed by atoms with Crippen LogP contribution in [0.1, 0.15) is 44.5 Å². The molecule has 1 saturated heterocycles. The Balaban J connectivity index is 2.22. The van der Waals surface area contributed by atoms with Crippen LogP contribution in [0.4, 0.5) is 0 Å². The van der Waals surface area contributed by atoms with E-state index in [1.807, 2.05) is 18.2 Å². The molecule has 0 aliphatic carbocycles. The summed E-state index contributed by atoms with van der Waals surface area (Å²) in [6.45, 7) is 8.63. The third-order valence-corrected chi connectivity index (χ3v) is 6.01. The van der Waals surface area contributed by atoms with Crippen molar-refractivity contribution in [3.8, 4) is 0 Å². The number of hydrogen-bond donors (Lipinski definition) is 0. The predicted molar refractivity (Wildman–Crippen MR) is 96.6 cm³/mol. The van der Waals surface area contributed by atoms with E-state index in [1.54, 1.807) is 0 Å². The van der Waals surface area contributed by atoms with Crippen molar-refractivity contribution in [2.45, 2.75) is 51.3 Å². The predicted octanol–water partition coefficient (Wildman–Crippen LogP) is 4.47. The van der Waals surface area contributed by atoms with Gasteiger partial charge in [-0.15, -0.1) is 0 Å². The lowest BCUT2D eigenvalue weighted by molar-refractivity contribution is 0.00148. The zero-order valence-corrected chi connectivity index (χ0v) is 16.8. The first-order valence-electron chi connectivity index (χ1n) is 6.95. The Bertz CT molecular complexity index is 571. The fourth-order valence-corrected chi connectivity index (χ4v) is 3.77. The van der Waals surface area contributed by atoms with Gasteiger partial charge in [-0.2, -0.15) is 0 Å². The molecule has 1 heterocycles. The Labute approximate surface area is 148 Å². The number of ether oxygens (including phenoxy) is 1. The van der Waals surface area contributed by atoms with Crippen molar-refractivity contribution in [3.05, 3.63) is 31.8 Å². The number of halogens is 2. The normalized spacial score (nSPS) is 24.0. The van der Waals surface area contributed by atoms with E-state index in [1.165, 1.54) is 0 Å². The van der Waals surface area contributed by atoms with Gasteiger partial charge >= 0.3 is 5.97 Å². The highest BCUT2D eigenvalue weighted by Crippen LogP contribution is 2.41. The van der Waals surface area contributed by atoms with Gasteiger partial charge in [0.15, 0.2) is 0 Å². The molecule has 0 saturated carbocycles. The van der Waals surface area contributed by atoms with E-state index in [-0.39, 0.29) is 23.2 Å². The van der Waals surface area contributed by atoms with Gasteiger partial charge in [-0.3, -0.25) is 4.90 Å². The zero-order valence-electron chi connectivity index (χ0n) is 13.0. The van der Waals surface area contributed by atoms with Crippen LogP contribution in [0.2, 0.25) is 0 Å². The number of carbonyl (C=O) groups excluding carboxylic acids is 1. The number of likely N-dealkylation sites (tertiary alicyclic amines) is 1. The molecule has 1 unspecified atom stereocenters. The third kappa shape index (κ3) is 3.29. The van der Waals surface area contributed by atoms with Crippen molar-refractivity contribution in [2.24, 2.45) is 0 Å². The zero-order chi connectivity index (χ0) is 16.0. The first kappa shape index (κ1) is 17.2. The number of rotatable bonds is 2. The maximum absolute atomic E-state index is 12.5. The number of hydrogen-bond acceptors (Lipinski definition) is 3. The van der Waals surface area contributed by atoms with Crippen LogP contribution in [0.25, 0.3) is 0 Å². The Morgan fingerprint density at radius 1 is 1.38 bits per heavy atom. The van der Waals surface area contributed by atoms with Gasteiger partial charge in [0.2, 0.25) is 0 Å². The van der Waals surface area contributed by atoms with Crippen LogP contribution in [0.3, 0.4) is 0 Å². The lowest BCUT2D eigenvalue weighted by Crippen LogP contribution is -2.48. The number of benzene rings is 1. The van der Waals surface area contributed by atoms with Gasteiger partial charge in [-0.1, -0.05) is 0 Å². The van der Waals surface area contributed by atoms with Crippen molar-refractivity contribution in [3.63, 3.8) is 0 Å². The lowest BCUT2D eigenvalue weighted by atomic mass is 9.97. The first-order valence-corrected chi connectivity index (χ1v) is 8.83. The summed E-state index contributed by atoms with van der Waals surface area (Å²) in [7, 11) is 2.09. The second-order valence-electron chi connectivity index (χ2n) is 6.75. The summed E-state index contributed by atoms with van der Waals surface area (Å²) in [5, 5.41) is 0. The van der Waals surface area contributed by atoms with Gasteiger partial charge in [0, 0.05) is 20.0 Å². The van der Waals surface area contributed by atoms with Crippen molar-refractivity contribution in [1.82, 2.24) is 4.90 Å². The van der Waals surface area contributed by atoms with Crippen molar-refractivity contribution in [2.75, 3.05) is 7.05 Å². The van der Waals surface area contributed by atoms with E-state index in [0.717, 1.165) is 14.5 Å². The van der Waals surface area contributed by atoms with E-state index in [9.17, 15) is 4.79 Å². The summed E-state index contributed by atoms with van der Waals surface area (Å²) in [5.74, 6) is -0.260. The van der Waals surface area contributed by atoms with E-state index in [0.29, 0.717) is 5.56 Å². The van der Waals surface area contributed by atoms with Crippen molar-refractivity contribution < 1.29 is 9.53 Å². The molecule has 2 rings (SSSR count). The fraction of sp³-hybridized carbons (Fsp3) is 0.562. The molecule has 1 aliphatic rings. The summed E-state index contributed by atoms with van der Waals surface area (Å²) in [5.41, 5.74) is 0.440. The number of carbonyl (C=O) groups is 1. The molecule has 1 aromatic rings. The molecule has 0 radical (unpaired) electrons. The quantitative estimate of drug-likeness (QED) is 0.476. The molecule has 3 nitrogen and oxygen atoms in total. The van der Waals surface area contributed by atoms with Gasteiger partial charge < -0.3 is 4.74 Å². The summed E-state index contributed by atoms with van der Waals surface area (Å²) in [6, 6.07) is 5.69. The highest BCUT2D eigenvalue weighted by atomic mass is 127. The van der Waals surface area contributed by atoms with Gasteiger partial charge in [0.25, 0.3) is 0 Å². The Morgan fingerprint density at radius 2 is 2.00 bits per heavy atom. The van der Waals surface area contributed by atoms with Crippen LogP contribution in [0.15, 0.2) is 22.7 Å². The SMILES string of the molecule is CN1C(C)(C)CC(OC(=O)c2cc(I)ccc2Br)C1(C)C. The minimum atomic E-state index is -0.260.